The van der Waals surface area contributed by atoms with E-state index in [0.717, 1.165) is 22.3 Å². The van der Waals surface area contributed by atoms with Crippen molar-refractivity contribution in [3.05, 3.63) is 143 Å². The number of nitrogens with zero attached hydrogens (tertiary/aromatic N) is 2. The lowest BCUT2D eigenvalue weighted by atomic mass is 9.80. The van der Waals surface area contributed by atoms with Crippen LogP contribution in [0.4, 0.5) is 17.6 Å². The number of carbonyl (C=O) groups is 6. The molecule has 1 saturated carbocycles. The summed E-state index contributed by atoms with van der Waals surface area (Å²) in [4.78, 5) is 86.0. The van der Waals surface area contributed by atoms with Crippen molar-refractivity contribution in [2.75, 3.05) is 52.4 Å². The van der Waals surface area contributed by atoms with Crippen LogP contribution in [0.3, 0.4) is 0 Å². The Hall–Kier alpha value is -6.58. The number of hydrogen-bond acceptors (Lipinski definition) is 6. The first-order valence-corrected chi connectivity index (χ1v) is 23.5. The van der Waals surface area contributed by atoms with Crippen LogP contribution in [0, 0.1) is 58.8 Å². The minimum Gasteiger partial charge on any atom is -0.355 e. The number of halogens is 4. The number of carbonyl (C=O) groups excluding carboxylic acids is 6. The second kappa shape index (κ2) is 23.4. The van der Waals surface area contributed by atoms with Crippen molar-refractivity contribution in [3.63, 3.8) is 0 Å². The number of hydrogen-bond donors (Lipinski definition) is 4. The Morgan fingerprint density at radius 2 is 0.574 bits per heavy atom. The fourth-order valence-electron chi connectivity index (χ4n) is 9.58. The second-order valence-electron chi connectivity index (χ2n) is 18.1. The van der Waals surface area contributed by atoms with E-state index < -0.39 is 35.5 Å². The van der Waals surface area contributed by atoms with Gasteiger partial charge in [-0.1, -0.05) is 48.5 Å². The van der Waals surface area contributed by atoms with Crippen LogP contribution < -0.4 is 21.3 Å². The third-order valence-electron chi connectivity index (χ3n) is 13.5. The van der Waals surface area contributed by atoms with E-state index in [2.05, 4.69) is 21.3 Å². The highest BCUT2D eigenvalue weighted by atomic mass is 19.1. The molecule has 0 aromatic heterocycles. The van der Waals surface area contributed by atoms with Gasteiger partial charge in [0.15, 0.2) is 0 Å². The molecule has 12 nitrogen and oxygen atoms in total. The average molecular weight is 939 g/mol. The van der Waals surface area contributed by atoms with Crippen LogP contribution in [0.2, 0.25) is 0 Å². The summed E-state index contributed by atoms with van der Waals surface area (Å²) in [6.45, 7) is 1.11. The molecule has 2 aliphatic heterocycles. The molecule has 1 aliphatic carbocycles. The highest BCUT2D eigenvalue weighted by Crippen LogP contribution is 2.36. The van der Waals surface area contributed by atoms with Gasteiger partial charge in [0.1, 0.15) is 23.3 Å². The zero-order chi connectivity index (χ0) is 48.2. The number of amides is 6. The summed E-state index contributed by atoms with van der Waals surface area (Å²) in [6.07, 6.45) is 3.33. The molecule has 2 heterocycles. The number of rotatable bonds is 18. The topological polar surface area (TPSA) is 157 Å². The molecule has 6 amide bonds. The Morgan fingerprint density at radius 1 is 0.368 bits per heavy atom. The van der Waals surface area contributed by atoms with Gasteiger partial charge in [0.25, 0.3) is 0 Å². The van der Waals surface area contributed by atoms with Crippen LogP contribution in [-0.4, -0.2) is 97.6 Å². The summed E-state index contributed by atoms with van der Waals surface area (Å²) in [6, 6.07) is 23.8. The Balaban J connectivity index is 0.943. The van der Waals surface area contributed by atoms with Gasteiger partial charge < -0.3 is 31.1 Å². The molecule has 4 aromatic rings. The van der Waals surface area contributed by atoms with E-state index in [9.17, 15) is 46.3 Å². The van der Waals surface area contributed by atoms with Gasteiger partial charge >= 0.3 is 0 Å². The molecule has 68 heavy (non-hydrogen) atoms. The van der Waals surface area contributed by atoms with Gasteiger partial charge in [-0.15, -0.1) is 0 Å². The number of benzene rings is 4. The molecule has 4 aromatic carbocycles. The smallest absolute Gasteiger partial charge is 0.225 e. The molecule has 4 N–H and O–H groups in total. The molecule has 0 spiro atoms. The fraction of sp³-hybridized carbons (Fsp3) is 0.423. The third-order valence-corrected chi connectivity index (χ3v) is 13.5. The minimum atomic E-state index is -0.827. The summed E-state index contributed by atoms with van der Waals surface area (Å²) in [7, 11) is 0. The first-order valence-electron chi connectivity index (χ1n) is 23.5. The van der Waals surface area contributed by atoms with Gasteiger partial charge in [0, 0.05) is 64.2 Å². The van der Waals surface area contributed by atoms with E-state index in [1.54, 1.807) is 58.3 Å². The van der Waals surface area contributed by atoms with E-state index in [1.165, 1.54) is 48.5 Å². The average Bonchev–Trinajstić information content (AvgIpc) is 4.01. The zero-order valence-corrected chi connectivity index (χ0v) is 37.9. The van der Waals surface area contributed by atoms with Gasteiger partial charge in [-0.25, -0.2) is 17.6 Å². The normalized spacial score (nSPS) is 21.2. The Kier molecular flexibility index (Phi) is 17.0. The van der Waals surface area contributed by atoms with Gasteiger partial charge in [0.2, 0.25) is 35.4 Å². The predicted octanol–water partition coefficient (Wildman–Crippen LogP) is 4.93. The van der Waals surface area contributed by atoms with Crippen molar-refractivity contribution in [2.45, 2.75) is 51.4 Å². The molecular formula is C52H58F4N6O6. The van der Waals surface area contributed by atoms with E-state index in [0.29, 0.717) is 51.4 Å². The van der Waals surface area contributed by atoms with E-state index in [4.69, 9.17) is 0 Å². The fourth-order valence-corrected chi connectivity index (χ4v) is 9.58. The molecule has 4 atom stereocenters. The Morgan fingerprint density at radius 3 is 0.779 bits per heavy atom. The van der Waals surface area contributed by atoms with Gasteiger partial charge in [0.05, 0.1) is 23.7 Å². The minimum absolute atomic E-state index is 0.0323. The zero-order valence-electron chi connectivity index (χ0n) is 37.9. The molecule has 2 saturated heterocycles. The molecular weight excluding hydrogens is 881 g/mol. The van der Waals surface area contributed by atoms with E-state index in [-0.39, 0.29) is 111 Å². The lowest BCUT2D eigenvalue weighted by Gasteiger charge is -2.32. The van der Waals surface area contributed by atoms with Crippen LogP contribution in [0.25, 0.3) is 0 Å². The first-order chi connectivity index (χ1) is 32.8. The van der Waals surface area contributed by atoms with Crippen LogP contribution in [0.15, 0.2) is 97.1 Å². The summed E-state index contributed by atoms with van der Waals surface area (Å²) >= 11 is 0. The van der Waals surface area contributed by atoms with E-state index in [1.807, 2.05) is 0 Å². The number of likely N-dealkylation sites (tertiary alicyclic amines) is 2. The molecule has 360 valence electrons. The van der Waals surface area contributed by atoms with Crippen LogP contribution in [-0.2, 0) is 54.5 Å². The SMILES string of the molecule is O=C(NCCc1ccc(F)cc1)C1CN(C(=O)C2CCC(C(=O)N3CC(C(=O)NCCc4ccc(F)cc4)[C@H](C(=O)NCCc4ccc(F)cc4)C3)CC2)CC1C(=O)NCCc1ccc(F)cc1. The Labute approximate surface area is 393 Å². The quantitative estimate of drug-likeness (QED) is 0.104. The van der Waals surface area contributed by atoms with Crippen molar-refractivity contribution >= 4 is 35.4 Å². The molecule has 3 unspecified atom stereocenters. The van der Waals surface area contributed by atoms with Gasteiger partial charge in [-0.2, -0.15) is 0 Å². The van der Waals surface area contributed by atoms with Gasteiger partial charge in [-0.3, -0.25) is 28.8 Å². The monoisotopic (exact) mass is 938 g/mol. The van der Waals surface area contributed by atoms with Crippen LogP contribution in [0.1, 0.15) is 47.9 Å². The predicted molar refractivity (Wildman–Crippen MR) is 245 cm³/mol. The van der Waals surface area contributed by atoms with Crippen molar-refractivity contribution in [1.82, 2.24) is 31.1 Å². The van der Waals surface area contributed by atoms with Crippen molar-refractivity contribution in [3.8, 4) is 0 Å². The van der Waals surface area contributed by atoms with Crippen molar-refractivity contribution in [2.24, 2.45) is 35.5 Å². The Bertz CT molecular complexity index is 2070. The lowest BCUT2D eigenvalue weighted by Crippen LogP contribution is -2.42. The second-order valence-corrected chi connectivity index (χ2v) is 18.1. The summed E-state index contributed by atoms with van der Waals surface area (Å²) < 4.78 is 53.7. The molecule has 16 heteroatoms. The lowest BCUT2D eigenvalue weighted by molar-refractivity contribution is -0.141. The van der Waals surface area contributed by atoms with Crippen LogP contribution >= 0.6 is 0 Å². The summed E-state index contributed by atoms with van der Waals surface area (Å²) in [5, 5.41) is 11.6. The van der Waals surface area contributed by atoms with Crippen LogP contribution in [0.5, 0.6) is 0 Å². The van der Waals surface area contributed by atoms with Crippen molar-refractivity contribution < 1.29 is 46.3 Å². The molecule has 7 rings (SSSR count). The largest absolute Gasteiger partial charge is 0.355 e. The van der Waals surface area contributed by atoms with Crippen molar-refractivity contribution in [1.29, 1.82) is 0 Å². The van der Waals surface area contributed by atoms with E-state index >= 15 is 0 Å². The standard InChI is InChI=1S/C52H58F4N6O6/c53-39-13-1-33(2-14-39)21-25-57-47(63)43-29-61(30-44(43)48(64)58-26-22-34-3-15-40(54)16-4-34)51(67)37-9-11-38(12-10-37)52(68)62-31-45(49(65)59-27-23-35-5-17-41(55)18-6-35)46(32-62)50(66)60-28-24-36-7-19-42(56)20-8-36/h1-8,13-20,37-38,43-46H,9-12,21-32H2,(H,57,63)(H,58,64)(H,59,65)(H,60,66)/t37?,38?,43-,44?,45?,46?/m1/s1. The molecule has 0 bridgehead atoms. The first kappa shape index (κ1) is 49.3. The summed E-state index contributed by atoms with van der Waals surface area (Å²) in [5.74, 6) is -7.56. The highest BCUT2D eigenvalue weighted by molar-refractivity contribution is 5.92. The highest BCUT2D eigenvalue weighted by Gasteiger charge is 2.47. The maximum atomic E-state index is 14.1. The summed E-state index contributed by atoms with van der Waals surface area (Å²) in [5.41, 5.74) is 3.29. The maximum absolute atomic E-state index is 14.1. The van der Waals surface area contributed by atoms with Gasteiger partial charge in [-0.05, 0) is 122 Å². The third kappa shape index (κ3) is 13.3. The molecule has 3 aliphatic rings. The number of nitrogens with one attached hydrogen (secondary N) is 4. The molecule has 0 radical (unpaired) electrons. The molecule has 3 fully saturated rings. The maximum Gasteiger partial charge on any atom is 0.225 e.